The normalized spacial score (nSPS) is 20.7. The van der Waals surface area contributed by atoms with Crippen LogP contribution in [0.5, 0.6) is 0 Å². The van der Waals surface area contributed by atoms with Gasteiger partial charge < -0.3 is 10.1 Å². The van der Waals surface area contributed by atoms with Crippen LogP contribution in [0.1, 0.15) is 22.7 Å². The number of hydrogen-bond acceptors (Lipinski definition) is 2. The number of aryl methyl sites for hydroxylation is 2. The van der Waals surface area contributed by atoms with Crippen molar-refractivity contribution in [2.45, 2.75) is 19.9 Å². The smallest absolute Gasteiger partial charge is 0.246 e. The quantitative estimate of drug-likeness (QED) is 0.859. The second kappa shape index (κ2) is 4.55. The molecule has 1 saturated heterocycles. The summed E-state index contributed by atoms with van der Waals surface area (Å²) in [6.45, 7) is 4.82. The van der Waals surface area contributed by atoms with E-state index in [0.29, 0.717) is 6.61 Å². The molecule has 0 radical (unpaired) electrons. The fourth-order valence-electron chi connectivity index (χ4n) is 2.17. The third-order valence-electron chi connectivity index (χ3n) is 2.76. The first-order valence-corrected chi connectivity index (χ1v) is 6.01. The Bertz CT molecular complexity index is 408. The van der Waals surface area contributed by atoms with Gasteiger partial charge in [0.25, 0.3) is 0 Å². The van der Waals surface area contributed by atoms with E-state index in [0.717, 1.165) is 10.0 Å². The fraction of sp³-hybridized carbons (Fsp3) is 0.417. The van der Waals surface area contributed by atoms with Gasteiger partial charge in [-0.2, -0.15) is 0 Å². The largest absolute Gasteiger partial charge is 0.369 e. The molecule has 1 amide bonds. The lowest BCUT2D eigenvalue weighted by Gasteiger charge is -2.26. The van der Waals surface area contributed by atoms with Crippen molar-refractivity contribution in [2.75, 3.05) is 13.2 Å². The molecule has 1 N–H and O–H groups in total. The molecule has 1 aliphatic rings. The highest BCUT2D eigenvalue weighted by Gasteiger charge is 2.23. The van der Waals surface area contributed by atoms with Crippen molar-refractivity contribution in [3.8, 4) is 0 Å². The zero-order valence-electron chi connectivity index (χ0n) is 9.34. The molecule has 1 aliphatic heterocycles. The number of nitrogens with one attached hydrogen (secondary N) is 1. The lowest BCUT2D eigenvalue weighted by Crippen LogP contribution is -2.40. The van der Waals surface area contributed by atoms with Gasteiger partial charge in [-0.05, 0) is 42.7 Å². The highest BCUT2D eigenvalue weighted by atomic mass is 79.9. The lowest BCUT2D eigenvalue weighted by molar-refractivity contribution is -0.131. The standard InChI is InChI=1S/C12H14BrNO2/c1-7-3-9(13)4-8(2)12(7)10-5-16-6-11(15)14-10/h3-4,10H,5-6H2,1-2H3,(H,14,15). The van der Waals surface area contributed by atoms with Crippen molar-refractivity contribution in [1.29, 1.82) is 0 Å². The molecule has 86 valence electrons. The van der Waals surface area contributed by atoms with Crippen molar-refractivity contribution < 1.29 is 9.53 Å². The first kappa shape index (κ1) is 11.6. The van der Waals surface area contributed by atoms with Crippen molar-refractivity contribution in [3.63, 3.8) is 0 Å². The number of halogens is 1. The Morgan fingerprint density at radius 2 is 2.00 bits per heavy atom. The van der Waals surface area contributed by atoms with Crippen molar-refractivity contribution >= 4 is 21.8 Å². The molecule has 1 aromatic rings. The van der Waals surface area contributed by atoms with E-state index in [1.54, 1.807) is 0 Å². The third-order valence-corrected chi connectivity index (χ3v) is 3.22. The molecule has 2 rings (SSSR count). The summed E-state index contributed by atoms with van der Waals surface area (Å²) in [5.41, 5.74) is 3.50. The summed E-state index contributed by atoms with van der Waals surface area (Å²) in [4.78, 5) is 11.3. The second-order valence-electron chi connectivity index (χ2n) is 4.09. The van der Waals surface area contributed by atoms with E-state index in [9.17, 15) is 4.79 Å². The van der Waals surface area contributed by atoms with Crippen LogP contribution in [0.15, 0.2) is 16.6 Å². The summed E-state index contributed by atoms with van der Waals surface area (Å²) in [6, 6.07) is 4.10. The molecule has 1 atom stereocenters. The molecule has 16 heavy (non-hydrogen) atoms. The zero-order chi connectivity index (χ0) is 11.7. The Kier molecular flexibility index (Phi) is 3.30. The van der Waals surface area contributed by atoms with Crippen LogP contribution in [0.25, 0.3) is 0 Å². The van der Waals surface area contributed by atoms with Crippen molar-refractivity contribution in [3.05, 3.63) is 33.3 Å². The van der Waals surface area contributed by atoms with Crippen LogP contribution in [0, 0.1) is 13.8 Å². The van der Waals surface area contributed by atoms with Crippen LogP contribution >= 0.6 is 15.9 Å². The molecule has 0 spiro atoms. The van der Waals surface area contributed by atoms with Gasteiger partial charge in [-0.25, -0.2) is 0 Å². The van der Waals surface area contributed by atoms with Crippen molar-refractivity contribution in [2.24, 2.45) is 0 Å². The van der Waals surface area contributed by atoms with Crippen LogP contribution in [0.4, 0.5) is 0 Å². The highest BCUT2D eigenvalue weighted by molar-refractivity contribution is 9.10. The maximum absolute atomic E-state index is 11.3. The van der Waals surface area contributed by atoms with Gasteiger partial charge in [0, 0.05) is 4.47 Å². The molecule has 0 aliphatic carbocycles. The summed E-state index contributed by atoms with van der Waals surface area (Å²) in [5.74, 6) is -0.0435. The van der Waals surface area contributed by atoms with Crippen molar-refractivity contribution in [1.82, 2.24) is 5.32 Å². The Morgan fingerprint density at radius 3 is 2.56 bits per heavy atom. The van der Waals surface area contributed by atoms with Crippen LogP contribution in [0.3, 0.4) is 0 Å². The first-order chi connectivity index (χ1) is 7.58. The van der Waals surface area contributed by atoms with E-state index in [1.165, 1.54) is 11.1 Å². The average molecular weight is 284 g/mol. The second-order valence-corrected chi connectivity index (χ2v) is 5.00. The Labute approximate surface area is 103 Å². The molecule has 1 aromatic carbocycles. The van der Waals surface area contributed by atoms with Gasteiger partial charge in [-0.15, -0.1) is 0 Å². The van der Waals surface area contributed by atoms with Crippen LogP contribution in [-0.4, -0.2) is 19.1 Å². The minimum atomic E-state index is -0.0435. The van der Waals surface area contributed by atoms with Gasteiger partial charge in [-0.1, -0.05) is 15.9 Å². The van der Waals surface area contributed by atoms with Gasteiger partial charge in [0.2, 0.25) is 5.91 Å². The molecular formula is C12H14BrNO2. The maximum Gasteiger partial charge on any atom is 0.246 e. The molecule has 1 fully saturated rings. The fourth-order valence-corrected chi connectivity index (χ4v) is 2.86. The summed E-state index contributed by atoms with van der Waals surface area (Å²) in [5, 5.41) is 2.95. The molecular weight excluding hydrogens is 270 g/mol. The zero-order valence-corrected chi connectivity index (χ0v) is 10.9. The van der Waals surface area contributed by atoms with E-state index < -0.39 is 0 Å². The summed E-state index contributed by atoms with van der Waals surface area (Å²) >= 11 is 3.46. The topological polar surface area (TPSA) is 38.3 Å². The molecule has 0 saturated carbocycles. The Morgan fingerprint density at radius 1 is 1.38 bits per heavy atom. The number of benzene rings is 1. The summed E-state index contributed by atoms with van der Waals surface area (Å²) in [7, 11) is 0. The number of morpholine rings is 1. The summed E-state index contributed by atoms with van der Waals surface area (Å²) in [6.07, 6.45) is 0. The van der Waals surface area contributed by atoms with E-state index in [-0.39, 0.29) is 18.6 Å². The number of amides is 1. The van der Waals surface area contributed by atoms with Crippen LogP contribution < -0.4 is 5.32 Å². The average Bonchev–Trinajstić information content (AvgIpc) is 2.15. The molecule has 1 unspecified atom stereocenters. The molecule has 4 heteroatoms. The predicted molar refractivity (Wildman–Crippen MR) is 65.3 cm³/mol. The number of carbonyl (C=O) groups is 1. The van der Waals surface area contributed by atoms with E-state index in [4.69, 9.17) is 4.74 Å². The molecule has 0 bridgehead atoms. The highest BCUT2D eigenvalue weighted by Crippen LogP contribution is 2.27. The minimum Gasteiger partial charge on any atom is -0.369 e. The Balaban J connectivity index is 2.35. The van der Waals surface area contributed by atoms with Gasteiger partial charge in [-0.3, -0.25) is 4.79 Å². The first-order valence-electron chi connectivity index (χ1n) is 5.21. The minimum absolute atomic E-state index is 0.0191. The van der Waals surface area contributed by atoms with Gasteiger partial charge in [0.05, 0.1) is 12.6 Å². The molecule has 3 nitrogen and oxygen atoms in total. The monoisotopic (exact) mass is 283 g/mol. The number of carbonyl (C=O) groups excluding carboxylic acids is 1. The van der Waals surface area contributed by atoms with E-state index in [2.05, 4.69) is 33.4 Å². The van der Waals surface area contributed by atoms with Gasteiger partial charge in [0.15, 0.2) is 0 Å². The number of ether oxygens (including phenoxy) is 1. The molecule has 1 heterocycles. The summed E-state index contributed by atoms with van der Waals surface area (Å²) < 4.78 is 6.33. The SMILES string of the molecule is Cc1cc(Br)cc(C)c1C1COCC(=O)N1. The van der Waals surface area contributed by atoms with E-state index >= 15 is 0 Å². The lowest BCUT2D eigenvalue weighted by atomic mass is 9.96. The van der Waals surface area contributed by atoms with Gasteiger partial charge >= 0.3 is 0 Å². The van der Waals surface area contributed by atoms with Gasteiger partial charge in [0.1, 0.15) is 6.61 Å². The van der Waals surface area contributed by atoms with Crippen LogP contribution in [-0.2, 0) is 9.53 Å². The number of rotatable bonds is 1. The molecule has 0 aromatic heterocycles. The number of hydrogen-bond donors (Lipinski definition) is 1. The van der Waals surface area contributed by atoms with Crippen LogP contribution in [0.2, 0.25) is 0 Å². The Hall–Kier alpha value is -0.870. The maximum atomic E-state index is 11.3. The predicted octanol–water partition coefficient (Wildman–Crippen LogP) is 2.25. The van der Waals surface area contributed by atoms with E-state index in [1.807, 2.05) is 13.8 Å². The third kappa shape index (κ3) is 2.28.